The van der Waals surface area contributed by atoms with Gasteiger partial charge in [-0.15, -0.1) is 0 Å². The summed E-state index contributed by atoms with van der Waals surface area (Å²) in [4.78, 5) is 19.6. The second kappa shape index (κ2) is 7.17. The van der Waals surface area contributed by atoms with E-state index in [2.05, 4.69) is 22.1 Å². The number of ether oxygens (including phenoxy) is 2. The summed E-state index contributed by atoms with van der Waals surface area (Å²) >= 11 is 1.48. The van der Waals surface area contributed by atoms with Crippen molar-refractivity contribution in [1.82, 2.24) is 9.88 Å². The quantitative estimate of drug-likeness (QED) is 0.905. The summed E-state index contributed by atoms with van der Waals surface area (Å²) < 4.78 is 12.2. The number of likely N-dealkylation sites (tertiary alicyclic amines) is 1. The Hall–Kier alpha value is -1.86. The van der Waals surface area contributed by atoms with E-state index in [9.17, 15) is 4.79 Å². The average Bonchev–Trinajstić information content (AvgIpc) is 3.01. The van der Waals surface area contributed by atoms with Gasteiger partial charge < -0.3 is 14.8 Å². The van der Waals surface area contributed by atoms with Crippen molar-refractivity contribution in [2.75, 3.05) is 31.6 Å². The Kier molecular flexibility index (Phi) is 4.76. The molecule has 1 N–H and O–H groups in total. The molecule has 0 radical (unpaired) electrons. The highest BCUT2D eigenvalue weighted by Crippen LogP contribution is 2.38. The van der Waals surface area contributed by atoms with E-state index in [1.807, 2.05) is 12.1 Å². The molecule has 7 heteroatoms. The van der Waals surface area contributed by atoms with Gasteiger partial charge in [-0.3, -0.25) is 9.69 Å². The molecule has 0 spiro atoms. The fourth-order valence-corrected chi connectivity index (χ4v) is 4.43. The number of anilines is 1. The maximum absolute atomic E-state index is 12.8. The highest BCUT2D eigenvalue weighted by molar-refractivity contribution is 7.22. The minimum Gasteiger partial charge on any atom is -0.486 e. The molecule has 0 aliphatic carbocycles. The van der Waals surface area contributed by atoms with E-state index in [1.165, 1.54) is 17.8 Å². The van der Waals surface area contributed by atoms with E-state index in [1.54, 1.807) is 0 Å². The molecule has 1 saturated heterocycles. The topological polar surface area (TPSA) is 63.7 Å². The average molecular weight is 361 g/mol. The first-order valence-corrected chi connectivity index (χ1v) is 9.81. The number of thiazole rings is 1. The number of aromatic nitrogens is 1. The number of carbonyl (C=O) groups excluding carboxylic acids is 1. The zero-order valence-corrected chi connectivity index (χ0v) is 15.2. The first-order chi connectivity index (χ1) is 12.2. The Labute approximate surface area is 151 Å². The molecule has 1 fully saturated rings. The van der Waals surface area contributed by atoms with Crippen LogP contribution in [-0.2, 0) is 4.79 Å². The minimum absolute atomic E-state index is 0.0411. The van der Waals surface area contributed by atoms with E-state index >= 15 is 0 Å². The van der Waals surface area contributed by atoms with Crippen molar-refractivity contribution in [1.29, 1.82) is 0 Å². The normalized spacial score (nSPS) is 20.6. The number of benzene rings is 1. The molecule has 2 aromatic rings. The highest BCUT2D eigenvalue weighted by atomic mass is 32.1. The maximum atomic E-state index is 12.8. The number of carbonyl (C=O) groups is 1. The number of rotatable bonds is 4. The van der Waals surface area contributed by atoms with Crippen LogP contribution in [0.25, 0.3) is 10.2 Å². The van der Waals surface area contributed by atoms with Gasteiger partial charge in [-0.05, 0) is 32.4 Å². The Morgan fingerprint density at radius 2 is 2.12 bits per heavy atom. The summed E-state index contributed by atoms with van der Waals surface area (Å²) in [6.45, 7) is 5.26. The van der Waals surface area contributed by atoms with Crippen molar-refractivity contribution in [2.24, 2.45) is 0 Å². The van der Waals surface area contributed by atoms with Gasteiger partial charge in [0.1, 0.15) is 13.2 Å². The van der Waals surface area contributed by atoms with Crippen molar-refractivity contribution in [2.45, 2.75) is 38.6 Å². The van der Waals surface area contributed by atoms with E-state index in [4.69, 9.17) is 9.47 Å². The number of nitrogens with one attached hydrogen (secondary N) is 1. The van der Waals surface area contributed by atoms with E-state index in [0.717, 1.165) is 54.1 Å². The lowest BCUT2D eigenvalue weighted by atomic mass is 10.0. The van der Waals surface area contributed by atoms with Crippen LogP contribution in [0, 0.1) is 0 Å². The molecule has 0 saturated carbocycles. The predicted octanol–water partition coefficient (Wildman–Crippen LogP) is 3.27. The van der Waals surface area contributed by atoms with Crippen molar-refractivity contribution in [3.05, 3.63) is 12.1 Å². The number of piperidine rings is 1. The van der Waals surface area contributed by atoms with Gasteiger partial charge in [0, 0.05) is 12.1 Å². The lowest BCUT2D eigenvalue weighted by molar-refractivity contribution is -0.122. The summed E-state index contributed by atoms with van der Waals surface area (Å²) in [6.07, 6.45) is 4.28. The molecule has 1 aromatic heterocycles. The number of fused-ring (bicyclic) bond motifs is 2. The van der Waals surface area contributed by atoms with Gasteiger partial charge in [-0.2, -0.15) is 0 Å². The van der Waals surface area contributed by atoms with Crippen LogP contribution in [0.3, 0.4) is 0 Å². The van der Waals surface area contributed by atoms with Crippen LogP contribution in [0.2, 0.25) is 0 Å². The van der Waals surface area contributed by atoms with E-state index in [-0.39, 0.29) is 11.9 Å². The third kappa shape index (κ3) is 3.43. The lowest BCUT2D eigenvalue weighted by Crippen LogP contribution is -2.47. The third-order valence-electron chi connectivity index (χ3n) is 4.71. The van der Waals surface area contributed by atoms with Crippen LogP contribution in [-0.4, -0.2) is 48.1 Å². The van der Waals surface area contributed by atoms with Crippen LogP contribution in [0.15, 0.2) is 12.1 Å². The minimum atomic E-state index is -0.0411. The summed E-state index contributed by atoms with van der Waals surface area (Å²) in [5.41, 5.74) is 0.832. The molecule has 3 heterocycles. The van der Waals surface area contributed by atoms with Crippen molar-refractivity contribution < 1.29 is 14.3 Å². The Morgan fingerprint density at radius 1 is 1.32 bits per heavy atom. The molecule has 1 amide bonds. The van der Waals surface area contributed by atoms with Gasteiger partial charge >= 0.3 is 0 Å². The molecule has 2 aliphatic heterocycles. The van der Waals surface area contributed by atoms with E-state index in [0.29, 0.717) is 18.3 Å². The monoisotopic (exact) mass is 361 g/mol. The first kappa shape index (κ1) is 16.6. The largest absolute Gasteiger partial charge is 0.486 e. The first-order valence-electron chi connectivity index (χ1n) is 8.99. The van der Waals surface area contributed by atoms with Crippen LogP contribution in [0.1, 0.15) is 32.6 Å². The fraction of sp³-hybridized carbons (Fsp3) is 0.556. The molecule has 4 rings (SSSR count). The molecule has 134 valence electrons. The zero-order valence-electron chi connectivity index (χ0n) is 14.4. The fourth-order valence-electron chi connectivity index (χ4n) is 3.55. The molecule has 2 aliphatic rings. The zero-order chi connectivity index (χ0) is 17.2. The summed E-state index contributed by atoms with van der Waals surface area (Å²) in [5.74, 6) is 1.54. The molecular weight excluding hydrogens is 338 g/mol. The standard InChI is InChI=1S/C18H23N3O3S/c1-2-6-21-7-4-3-5-13(21)17(22)20-18-19-12-10-14-15(11-16(12)25-18)24-9-8-23-14/h10-11,13H,2-9H2,1H3,(H,19,20,22). The number of hydrogen-bond donors (Lipinski definition) is 1. The summed E-state index contributed by atoms with van der Waals surface area (Å²) in [6, 6.07) is 3.79. The second-order valence-electron chi connectivity index (χ2n) is 6.52. The predicted molar refractivity (Wildman–Crippen MR) is 98.7 cm³/mol. The van der Waals surface area contributed by atoms with Gasteiger partial charge in [0.15, 0.2) is 16.6 Å². The highest BCUT2D eigenvalue weighted by Gasteiger charge is 2.28. The summed E-state index contributed by atoms with van der Waals surface area (Å²) in [5, 5.41) is 3.67. The van der Waals surface area contributed by atoms with Crippen molar-refractivity contribution in [3.63, 3.8) is 0 Å². The molecule has 6 nitrogen and oxygen atoms in total. The van der Waals surface area contributed by atoms with Gasteiger partial charge in [0.2, 0.25) is 5.91 Å². The Morgan fingerprint density at radius 3 is 2.92 bits per heavy atom. The maximum Gasteiger partial charge on any atom is 0.243 e. The van der Waals surface area contributed by atoms with Crippen molar-refractivity contribution >= 4 is 32.6 Å². The lowest BCUT2D eigenvalue weighted by Gasteiger charge is -2.34. The second-order valence-corrected chi connectivity index (χ2v) is 7.55. The molecular formula is C18H23N3O3S. The van der Waals surface area contributed by atoms with Gasteiger partial charge in [-0.1, -0.05) is 24.7 Å². The molecule has 1 atom stereocenters. The Balaban J connectivity index is 1.52. The summed E-state index contributed by atoms with van der Waals surface area (Å²) in [7, 11) is 0. The Bertz CT molecular complexity index is 731. The molecule has 1 aromatic carbocycles. The van der Waals surface area contributed by atoms with Crippen LogP contribution >= 0.6 is 11.3 Å². The van der Waals surface area contributed by atoms with E-state index < -0.39 is 0 Å². The number of hydrogen-bond acceptors (Lipinski definition) is 6. The SMILES string of the molecule is CCCN1CCCCC1C(=O)Nc1nc2cc3c(cc2s1)OCCO3. The van der Waals surface area contributed by atoms with Crippen LogP contribution in [0.5, 0.6) is 11.5 Å². The number of amides is 1. The molecule has 0 bridgehead atoms. The number of nitrogens with zero attached hydrogens (tertiary/aromatic N) is 2. The van der Waals surface area contributed by atoms with Crippen molar-refractivity contribution in [3.8, 4) is 11.5 Å². The van der Waals surface area contributed by atoms with Gasteiger partial charge in [0.05, 0.1) is 16.3 Å². The van der Waals surface area contributed by atoms with Crippen LogP contribution < -0.4 is 14.8 Å². The molecule has 1 unspecified atom stereocenters. The smallest absolute Gasteiger partial charge is 0.243 e. The van der Waals surface area contributed by atoms with Crippen LogP contribution in [0.4, 0.5) is 5.13 Å². The third-order valence-corrected chi connectivity index (χ3v) is 5.64. The van der Waals surface area contributed by atoms with Gasteiger partial charge in [0.25, 0.3) is 0 Å². The molecule has 25 heavy (non-hydrogen) atoms. The van der Waals surface area contributed by atoms with Gasteiger partial charge in [-0.25, -0.2) is 4.98 Å².